The average Bonchev–Trinajstić information content (AvgIpc) is 2.84. The van der Waals surface area contributed by atoms with Crippen molar-refractivity contribution in [3.8, 4) is 0 Å². The number of halogens is 1. The highest BCUT2D eigenvalue weighted by molar-refractivity contribution is 5.94. The molecule has 0 spiro atoms. The van der Waals surface area contributed by atoms with Gasteiger partial charge >= 0.3 is 0 Å². The van der Waals surface area contributed by atoms with E-state index in [4.69, 9.17) is 0 Å². The minimum absolute atomic E-state index is 0.0733. The second-order valence-electron chi connectivity index (χ2n) is 4.82. The first kappa shape index (κ1) is 12.1. The van der Waals surface area contributed by atoms with Crippen LogP contribution in [0.4, 0.5) is 4.39 Å². The van der Waals surface area contributed by atoms with Crippen molar-refractivity contribution in [2.45, 2.75) is 38.6 Å². The maximum atomic E-state index is 13.4. The van der Waals surface area contributed by atoms with Crippen LogP contribution in [-0.2, 0) is 0 Å². The number of hydrogen-bond donors (Lipinski definition) is 0. The van der Waals surface area contributed by atoms with Crippen molar-refractivity contribution in [3.05, 3.63) is 35.1 Å². The summed E-state index contributed by atoms with van der Waals surface area (Å²) in [5, 5.41) is 0. The average molecular weight is 235 g/mol. The molecule has 17 heavy (non-hydrogen) atoms. The van der Waals surface area contributed by atoms with Crippen molar-refractivity contribution < 1.29 is 9.18 Å². The van der Waals surface area contributed by atoms with Gasteiger partial charge in [0.25, 0.3) is 5.91 Å². The van der Waals surface area contributed by atoms with Gasteiger partial charge in [-0.15, -0.1) is 0 Å². The van der Waals surface area contributed by atoms with Crippen LogP contribution in [-0.4, -0.2) is 23.9 Å². The number of hydrogen-bond acceptors (Lipinski definition) is 1. The van der Waals surface area contributed by atoms with Gasteiger partial charge in [0, 0.05) is 18.7 Å². The molecule has 1 aromatic carbocycles. The number of carbonyl (C=O) groups excluding carboxylic acids is 1. The van der Waals surface area contributed by atoms with Gasteiger partial charge in [-0.3, -0.25) is 4.79 Å². The number of rotatable bonds is 2. The molecule has 0 N–H and O–H groups in total. The molecule has 0 bridgehead atoms. The molecule has 2 nitrogen and oxygen atoms in total. The van der Waals surface area contributed by atoms with Gasteiger partial charge in [-0.25, -0.2) is 4.39 Å². The first-order chi connectivity index (χ1) is 8.09. The van der Waals surface area contributed by atoms with Gasteiger partial charge in [0.05, 0.1) is 0 Å². The third-order valence-electron chi connectivity index (χ3n) is 3.61. The lowest BCUT2D eigenvalue weighted by molar-refractivity contribution is 0.0734. The van der Waals surface area contributed by atoms with E-state index in [-0.39, 0.29) is 11.7 Å². The predicted molar refractivity (Wildman–Crippen MR) is 65.5 cm³/mol. The molecule has 1 aromatic rings. The van der Waals surface area contributed by atoms with E-state index in [1.54, 1.807) is 24.0 Å². The van der Waals surface area contributed by atoms with Gasteiger partial charge in [0.2, 0.25) is 0 Å². The molecule has 0 aromatic heterocycles. The van der Waals surface area contributed by atoms with Gasteiger partial charge in [-0.2, -0.15) is 0 Å². The summed E-state index contributed by atoms with van der Waals surface area (Å²) < 4.78 is 13.4. The van der Waals surface area contributed by atoms with Gasteiger partial charge < -0.3 is 4.90 Å². The van der Waals surface area contributed by atoms with Crippen LogP contribution >= 0.6 is 0 Å². The van der Waals surface area contributed by atoms with E-state index < -0.39 is 0 Å². The quantitative estimate of drug-likeness (QED) is 0.771. The normalized spacial score (nSPS) is 16.2. The standard InChI is InChI=1S/C14H18FNO/c1-10-7-8-11(9-13(10)15)14(17)16(2)12-5-3-4-6-12/h7-9,12H,3-6H2,1-2H3. The molecule has 0 unspecified atom stereocenters. The van der Waals surface area contributed by atoms with E-state index in [0.717, 1.165) is 12.8 Å². The zero-order valence-electron chi connectivity index (χ0n) is 10.4. The van der Waals surface area contributed by atoms with E-state index in [0.29, 0.717) is 17.2 Å². The molecule has 1 fully saturated rings. The van der Waals surface area contributed by atoms with Crippen molar-refractivity contribution in [1.29, 1.82) is 0 Å². The SMILES string of the molecule is Cc1ccc(C(=O)N(C)C2CCCC2)cc1F. The van der Waals surface area contributed by atoms with Gasteiger partial charge in [0.15, 0.2) is 0 Å². The fourth-order valence-electron chi connectivity index (χ4n) is 2.39. The minimum atomic E-state index is -0.310. The molecular weight excluding hydrogens is 217 g/mol. The summed E-state index contributed by atoms with van der Waals surface area (Å²) in [4.78, 5) is 13.9. The Morgan fingerprint density at radius 2 is 2.00 bits per heavy atom. The Balaban J connectivity index is 2.15. The highest BCUT2D eigenvalue weighted by atomic mass is 19.1. The van der Waals surface area contributed by atoms with E-state index in [2.05, 4.69) is 0 Å². The topological polar surface area (TPSA) is 20.3 Å². The number of aryl methyl sites for hydroxylation is 1. The van der Waals surface area contributed by atoms with Crippen molar-refractivity contribution in [3.63, 3.8) is 0 Å². The first-order valence-electron chi connectivity index (χ1n) is 6.13. The zero-order chi connectivity index (χ0) is 12.4. The maximum Gasteiger partial charge on any atom is 0.253 e. The fourth-order valence-corrected chi connectivity index (χ4v) is 2.39. The number of nitrogens with zero attached hydrogens (tertiary/aromatic N) is 1. The lowest BCUT2D eigenvalue weighted by Gasteiger charge is -2.24. The summed E-state index contributed by atoms with van der Waals surface area (Å²) in [7, 11) is 1.82. The molecule has 92 valence electrons. The van der Waals surface area contributed by atoms with Crippen molar-refractivity contribution in [2.75, 3.05) is 7.05 Å². The summed E-state index contributed by atoms with van der Waals surface area (Å²) in [6.45, 7) is 1.70. The molecule has 0 radical (unpaired) electrons. The monoisotopic (exact) mass is 235 g/mol. The van der Waals surface area contributed by atoms with E-state index >= 15 is 0 Å². The minimum Gasteiger partial charge on any atom is -0.339 e. The Morgan fingerprint density at radius 3 is 2.59 bits per heavy atom. The summed E-state index contributed by atoms with van der Waals surface area (Å²) in [5.41, 5.74) is 1.02. The van der Waals surface area contributed by atoms with Crippen LogP contribution in [0.2, 0.25) is 0 Å². The smallest absolute Gasteiger partial charge is 0.253 e. The third kappa shape index (κ3) is 2.48. The second kappa shape index (κ2) is 4.86. The van der Waals surface area contributed by atoms with Crippen LogP contribution in [0.25, 0.3) is 0 Å². The van der Waals surface area contributed by atoms with Gasteiger partial charge in [-0.05, 0) is 37.5 Å². The molecule has 0 aliphatic heterocycles. The van der Waals surface area contributed by atoms with E-state index in [1.165, 1.54) is 18.9 Å². The molecule has 2 rings (SSSR count). The molecule has 1 saturated carbocycles. The summed E-state index contributed by atoms with van der Waals surface area (Å²) in [6.07, 6.45) is 4.50. The Kier molecular flexibility index (Phi) is 3.46. The van der Waals surface area contributed by atoms with Crippen LogP contribution in [0.5, 0.6) is 0 Å². The van der Waals surface area contributed by atoms with E-state index in [9.17, 15) is 9.18 Å². The van der Waals surface area contributed by atoms with Crippen LogP contribution in [0.3, 0.4) is 0 Å². The Hall–Kier alpha value is -1.38. The summed E-state index contributed by atoms with van der Waals surface area (Å²) >= 11 is 0. The second-order valence-corrected chi connectivity index (χ2v) is 4.82. The molecule has 1 amide bonds. The Bertz CT molecular complexity index is 424. The fraction of sp³-hybridized carbons (Fsp3) is 0.500. The zero-order valence-corrected chi connectivity index (χ0v) is 10.4. The number of benzene rings is 1. The highest BCUT2D eigenvalue weighted by Crippen LogP contribution is 2.24. The van der Waals surface area contributed by atoms with Crippen LogP contribution in [0.15, 0.2) is 18.2 Å². The first-order valence-corrected chi connectivity index (χ1v) is 6.13. The maximum absolute atomic E-state index is 13.4. The molecule has 0 saturated heterocycles. The lowest BCUT2D eigenvalue weighted by atomic mass is 10.1. The number of amides is 1. The van der Waals surface area contributed by atoms with Crippen LogP contribution in [0.1, 0.15) is 41.6 Å². The molecule has 3 heteroatoms. The third-order valence-corrected chi connectivity index (χ3v) is 3.61. The molecule has 1 aliphatic carbocycles. The largest absolute Gasteiger partial charge is 0.339 e. The Labute approximate surface area is 101 Å². The van der Waals surface area contributed by atoms with E-state index in [1.807, 2.05) is 7.05 Å². The van der Waals surface area contributed by atoms with Crippen molar-refractivity contribution >= 4 is 5.91 Å². The van der Waals surface area contributed by atoms with Gasteiger partial charge in [-0.1, -0.05) is 18.9 Å². The van der Waals surface area contributed by atoms with Crippen LogP contribution < -0.4 is 0 Å². The lowest BCUT2D eigenvalue weighted by Crippen LogP contribution is -2.35. The summed E-state index contributed by atoms with van der Waals surface area (Å²) in [5.74, 6) is -0.383. The molecular formula is C14H18FNO. The molecule has 0 heterocycles. The van der Waals surface area contributed by atoms with Gasteiger partial charge in [0.1, 0.15) is 5.82 Å². The molecule has 1 aliphatic rings. The molecule has 0 atom stereocenters. The Morgan fingerprint density at radius 1 is 1.35 bits per heavy atom. The van der Waals surface area contributed by atoms with Crippen molar-refractivity contribution in [2.24, 2.45) is 0 Å². The summed E-state index contributed by atoms with van der Waals surface area (Å²) in [6, 6.07) is 5.02. The van der Waals surface area contributed by atoms with Crippen LogP contribution in [0, 0.1) is 12.7 Å². The number of carbonyl (C=O) groups is 1. The van der Waals surface area contributed by atoms with Crippen molar-refractivity contribution in [1.82, 2.24) is 4.90 Å². The highest BCUT2D eigenvalue weighted by Gasteiger charge is 2.24. The predicted octanol–water partition coefficient (Wildman–Crippen LogP) is 3.15.